The van der Waals surface area contributed by atoms with Crippen LogP contribution in [0.25, 0.3) is 0 Å². The lowest BCUT2D eigenvalue weighted by molar-refractivity contribution is -0.125. The Kier molecular flexibility index (Phi) is 4.48. The molecule has 5 heteroatoms. The van der Waals surface area contributed by atoms with Gasteiger partial charge in [-0.3, -0.25) is 4.79 Å². The molecule has 3 aliphatic rings. The van der Waals surface area contributed by atoms with Crippen molar-refractivity contribution in [3.63, 3.8) is 0 Å². The van der Waals surface area contributed by atoms with Gasteiger partial charge in [0, 0.05) is 24.3 Å². The number of nitrogens with one attached hydrogen (secondary N) is 1. The van der Waals surface area contributed by atoms with Crippen LogP contribution in [-0.4, -0.2) is 42.8 Å². The van der Waals surface area contributed by atoms with E-state index in [1.54, 1.807) is 7.11 Å². The second kappa shape index (κ2) is 6.60. The fourth-order valence-electron chi connectivity index (χ4n) is 4.12. The van der Waals surface area contributed by atoms with E-state index in [9.17, 15) is 4.79 Å². The molecule has 4 nitrogen and oxygen atoms in total. The predicted octanol–water partition coefficient (Wildman–Crippen LogP) is 2.97. The summed E-state index contributed by atoms with van der Waals surface area (Å²) in [7, 11) is 1.69. The van der Waals surface area contributed by atoms with Crippen LogP contribution in [0.1, 0.15) is 37.2 Å². The normalized spacial score (nSPS) is 35.0. The summed E-state index contributed by atoms with van der Waals surface area (Å²) in [6.07, 6.45) is 3.95. The highest BCUT2D eigenvalue weighted by Gasteiger charge is 2.47. The molecule has 2 unspecified atom stereocenters. The van der Waals surface area contributed by atoms with Crippen molar-refractivity contribution >= 4 is 17.7 Å². The van der Waals surface area contributed by atoms with E-state index in [0.29, 0.717) is 5.92 Å². The number of carbonyl (C=O) groups is 1. The standard InChI is InChI=1S/C19H25NO3S/c1-22-17-5-3-2-4-14(17)15-10-16(15)18(21)20-13-6-8-23-19(11-13)7-9-24-12-19/h2-5,13,15-16H,6-12H2,1H3,(H,20,21)/t13?,15-,16+,19?/m0/s1. The van der Waals surface area contributed by atoms with Gasteiger partial charge < -0.3 is 14.8 Å². The van der Waals surface area contributed by atoms with Crippen LogP contribution in [0.3, 0.4) is 0 Å². The molecule has 24 heavy (non-hydrogen) atoms. The van der Waals surface area contributed by atoms with Crippen LogP contribution in [0.15, 0.2) is 24.3 Å². The van der Waals surface area contributed by atoms with E-state index < -0.39 is 0 Å². The molecule has 2 aliphatic heterocycles. The Bertz CT molecular complexity index is 614. The molecule has 4 atom stereocenters. The van der Waals surface area contributed by atoms with Crippen molar-refractivity contribution in [1.82, 2.24) is 5.32 Å². The molecule has 1 aliphatic carbocycles. The number of ether oxygens (including phenoxy) is 2. The van der Waals surface area contributed by atoms with E-state index in [0.717, 1.165) is 49.4 Å². The Morgan fingerprint density at radius 2 is 2.29 bits per heavy atom. The Morgan fingerprint density at radius 1 is 1.42 bits per heavy atom. The number of amides is 1. The smallest absolute Gasteiger partial charge is 0.223 e. The van der Waals surface area contributed by atoms with Gasteiger partial charge in [0.1, 0.15) is 5.75 Å². The van der Waals surface area contributed by atoms with Crippen LogP contribution in [0.2, 0.25) is 0 Å². The third-order valence-electron chi connectivity index (χ3n) is 5.57. The van der Waals surface area contributed by atoms with E-state index in [1.165, 1.54) is 5.75 Å². The molecule has 1 amide bonds. The van der Waals surface area contributed by atoms with Gasteiger partial charge in [0.25, 0.3) is 0 Å². The maximum Gasteiger partial charge on any atom is 0.223 e. The number of para-hydroxylation sites is 1. The van der Waals surface area contributed by atoms with Crippen molar-refractivity contribution in [2.45, 2.75) is 43.2 Å². The first kappa shape index (κ1) is 16.3. The van der Waals surface area contributed by atoms with Crippen molar-refractivity contribution in [2.24, 2.45) is 5.92 Å². The van der Waals surface area contributed by atoms with Gasteiger partial charge in [-0.15, -0.1) is 0 Å². The minimum absolute atomic E-state index is 0.0203. The van der Waals surface area contributed by atoms with Crippen LogP contribution < -0.4 is 10.1 Å². The predicted molar refractivity (Wildman–Crippen MR) is 95.6 cm³/mol. The first-order valence-electron chi connectivity index (χ1n) is 8.86. The van der Waals surface area contributed by atoms with Crippen LogP contribution >= 0.6 is 11.8 Å². The van der Waals surface area contributed by atoms with Gasteiger partial charge in [-0.1, -0.05) is 18.2 Å². The number of methoxy groups -OCH3 is 1. The average molecular weight is 347 g/mol. The van der Waals surface area contributed by atoms with E-state index in [4.69, 9.17) is 9.47 Å². The Labute approximate surface area is 147 Å². The summed E-state index contributed by atoms with van der Waals surface area (Å²) < 4.78 is 11.5. The third-order valence-corrected chi connectivity index (χ3v) is 6.80. The summed E-state index contributed by atoms with van der Waals surface area (Å²) in [5.41, 5.74) is 1.18. The monoisotopic (exact) mass is 347 g/mol. The van der Waals surface area contributed by atoms with Gasteiger partial charge in [0.05, 0.1) is 12.7 Å². The zero-order valence-electron chi connectivity index (χ0n) is 14.1. The molecular formula is C19H25NO3S. The molecule has 1 aromatic carbocycles. The highest BCUT2D eigenvalue weighted by atomic mass is 32.2. The summed E-state index contributed by atoms with van der Waals surface area (Å²) in [6.45, 7) is 0.770. The Morgan fingerprint density at radius 3 is 3.08 bits per heavy atom. The van der Waals surface area contributed by atoms with E-state index in [2.05, 4.69) is 11.4 Å². The third kappa shape index (κ3) is 3.16. The lowest BCUT2D eigenvalue weighted by Gasteiger charge is -2.38. The van der Waals surface area contributed by atoms with E-state index >= 15 is 0 Å². The van der Waals surface area contributed by atoms with Crippen molar-refractivity contribution < 1.29 is 14.3 Å². The number of hydrogen-bond donors (Lipinski definition) is 1. The molecule has 2 heterocycles. The largest absolute Gasteiger partial charge is 0.496 e. The molecular weight excluding hydrogens is 322 g/mol. The van der Waals surface area contributed by atoms with Crippen LogP contribution in [-0.2, 0) is 9.53 Å². The van der Waals surface area contributed by atoms with Crippen molar-refractivity contribution in [3.8, 4) is 5.75 Å². The molecule has 1 N–H and O–H groups in total. The summed E-state index contributed by atoms with van der Waals surface area (Å²) in [5.74, 6) is 3.76. The maximum atomic E-state index is 12.7. The number of benzene rings is 1. The fraction of sp³-hybridized carbons (Fsp3) is 0.632. The van der Waals surface area contributed by atoms with Gasteiger partial charge in [-0.05, 0) is 49.0 Å². The molecule has 0 bridgehead atoms. The zero-order valence-corrected chi connectivity index (χ0v) is 14.9. The number of thioether (sulfide) groups is 1. The fourth-order valence-corrected chi connectivity index (χ4v) is 5.50. The molecule has 0 radical (unpaired) electrons. The average Bonchev–Trinajstić information content (AvgIpc) is 3.29. The number of hydrogen-bond acceptors (Lipinski definition) is 4. The van der Waals surface area contributed by atoms with Crippen molar-refractivity contribution in [1.29, 1.82) is 0 Å². The Balaban J connectivity index is 1.36. The van der Waals surface area contributed by atoms with Crippen molar-refractivity contribution in [2.75, 3.05) is 25.2 Å². The number of carbonyl (C=O) groups excluding carboxylic acids is 1. The molecule has 1 aromatic rings. The van der Waals surface area contributed by atoms with E-state index in [1.807, 2.05) is 30.0 Å². The van der Waals surface area contributed by atoms with Gasteiger partial charge in [0.15, 0.2) is 0 Å². The second-order valence-electron chi connectivity index (χ2n) is 7.22. The van der Waals surface area contributed by atoms with Gasteiger partial charge >= 0.3 is 0 Å². The van der Waals surface area contributed by atoms with Crippen molar-refractivity contribution in [3.05, 3.63) is 29.8 Å². The highest BCUT2D eigenvalue weighted by molar-refractivity contribution is 7.99. The second-order valence-corrected chi connectivity index (χ2v) is 8.33. The van der Waals surface area contributed by atoms with Gasteiger partial charge in [-0.2, -0.15) is 11.8 Å². The minimum Gasteiger partial charge on any atom is -0.496 e. The Hall–Kier alpha value is -1.20. The quantitative estimate of drug-likeness (QED) is 0.910. The number of rotatable bonds is 4. The summed E-state index contributed by atoms with van der Waals surface area (Å²) >= 11 is 1.97. The topological polar surface area (TPSA) is 47.6 Å². The first-order valence-corrected chi connectivity index (χ1v) is 10.0. The summed E-state index contributed by atoms with van der Waals surface area (Å²) in [5, 5.41) is 3.30. The lowest BCUT2D eigenvalue weighted by atomic mass is 9.89. The highest BCUT2D eigenvalue weighted by Crippen LogP contribution is 2.50. The molecule has 2 saturated heterocycles. The molecule has 4 rings (SSSR count). The lowest BCUT2D eigenvalue weighted by Crippen LogP contribution is -2.49. The van der Waals surface area contributed by atoms with Crippen LogP contribution in [0, 0.1) is 5.92 Å². The van der Waals surface area contributed by atoms with Gasteiger partial charge in [0.2, 0.25) is 5.91 Å². The van der Waals surface area contributed by atoms with E-state index in [-0.39, 0.29) is 23.5 Å². The summed E-state index contributed by atoms with van der Waals surface area (Å²) in [6, 6.07) is 8.31. The molecule has 1 spiro atoms. The van der Waals surface area contributed by atoms with Gasteiger partial charge in [-0.25, -0.2) is 0 Å². The zero-order chi connectivity index (χ0) is 16.6. The first-order chi connectivity index (χ1) is 11.7. The molecule has 0 aromatic heterocycles. The molecule has 3 fully saturated rings. The summed E-state index contributed by atoms with van der Waals surface area (Å²) in [4.78, 5) is 12.7. The molecule has 130 valence electrons. The minimum atomic E-state index is 0.0203. The maximum absolute atomic E-state index is 12.7. The van der Waals surface area contributed by atoms with Crippen LogP contribution in [0.4, 0.5) is 0 Å². The molecule has 1 saturated carbocycles. The van der Waals surface area contributed by atoms with Crippen LogP contribution in [0.5, 0.6) is 5.75 Å². The SMILES string of the molecule is COc1ccccc1[C@@H]1C[C@H]1C(=O)NC1CCOC2(CCSC2)C1.